The van der Waals surface area contributed by atoms with Gasteiger partial charge < -0.3 is 10.1 Å². The number of likely N-dealkylation sites (tertiary alicyclic amines) is 1. The first-order chi connectivity index (χ1) is 7.79. The van der Waals surface area contributed by atoms with Crippen molar-refractivity contribution in [2.75, 3.05) is 32.8 Å². The van der Waals surface area contributed by atoms with Crippen LogP contribution in [0.5, 0.6) is 0 Å². The van der Waals surface area contributed by atoms with E-state index in [4.69, 9.17) is 4.74 Å². The summed E-state index contributed by atoms with van der Waals surface area (Å²) in [5.41, 5.74) is 0. The van der Waals surface area contributed by atoms with Crippen LogP contribution in [0.4, 0.5) is 0 Å². The van der Waals surface area contributed by atoms with Crippen LogP contribution in [0.3, 0.4) is 0 Å². The zero-order valence-corrected chi connectivity index (χ0v) is 10.7. The summed E-state index contributed by atoms with van der Waals surface area (Å²) in [5.74, 6) is 0.836. The monoisotopic (exact) mass is 226 g/mol. The first-order valence-electron chi connectivity index (χ1n) is 6.86. The number of hydrogen-bond acceptors (Lipinski definition) is 3. The molecule has 0 aromatic carbocycles. The maximum absolute atomic E-state index is 5.70. The lowest BCUT2D eigenvalue weighted by Crippen LogP contribution is -2.51. The molecular weight excluding hydrogens is 200 g/mol. The van der Waals surface area contributed by atoms with E-state index in [1.54, 1.807) is 0 Å². The van der Waals surface area contributed by atoms with Gasteiger partial charge in [0.2, 0.25) is 0 Å². The number of ether oxygens (including phenoxy) is 1. The Bertz CT molecular complexity index is 202. The van der Waals surface area contributed by atoms with Gasteiger partial charge in [0.25, 0.3) is 0 Å². The smallest absolute Gasteiger partial charge is 0.0599 e. The van der Waals surface area contributed by atoms with E-state index in [9.17, 15) is 0 Å². The van der Waals surface area contributed by atoms with E-state index in [1.165, 1.54) is 45.4 Å². The van der Waals surface area contributed by atoms with Crippen LogP contribution >= 0.6 is 0 Å². The molecule has 2 rings (SSSR count). The molecule has 0 radical (unpaired) electrons. The van der Waals surface area contributed by atoms with Crippen LogP contribution in [0.1, 0.15) is 33.1 Å². The van der Waals surface area contributed by atoms with Crippen LogP contribution in [0.25, 0.3) is 0 Å². The summed E-state index contributed by atoms with van der Waals surface area (Å²) in [4.78, 5) is 2.66. The molecule has 2 fully saturated rings. The number of nitrogens with one attached hydrogen (secondary N) is 1. The molecule has 0 aliphatic carbocycles. The fourth-order valence-corrected chi connectivity index (χ4v) is 3.05. The molecule has 0 spiro atoms. The third-order valence-corrected chi connectivity index (χ3v) is 3.94. The molecule has 0 saturated carbocycles. The van der Waals surface area contributed by atoms with Crippen LogP contribution < -0.4 is 5.32 Å². The molecule has 2 aliphatic heterocycles. The molecule has 16 heavy (non-hydrogen) atoms. The van der Waals surface area contributed by atoms with Crippen LogP contribution in [0, 0.1) is 5.92 Å². The molecule has 94 valence electrons. The van der Waals surface area contributed by atoms with Gasteiger partial charge in [0.1, 0.15) is 0 Å². The lowest BCUT2D eigenvalue weighted by molar-refractivity contribution is -0.000904. The normalized spacial score (nSPS) is 34.1. The van der Waals surface area contributed by atoms with Gasteiger partial charge in [0, 0.05) is 32.3 Å². The largest absolute Gasteiger partial charge is 0.378 e. The number of nitrogens with zero attached hydrogens (tertiary/aromatic N) is 1. The van der Waals surface area contributed by atoms with E-state index in [0.29, 0.717) is 6.10 Å². The zero-order valence-electron chi connectivity index (χ0n) is 10.7. The summed E-state index contributed by atoms with van der Waals surface area (Å²) < 4.78 is 5.70. The van der Waals surface area contributed by atoms with Crippen molar-refractivity contribution in [3.63, 3.8) is 0 Å². The van der Waals surface area contributed by atoms with Crippen LogP contribution in [0.15, 0.2) is 0 Å². The molecule has 2 heterocycles. The van der Waals surface area contributed by atoms with Gasteiger partial charge in [-0.25, -0.2) is 0 Å². The minimum atomic E-state index is 0.523. The van der Waals surface area contributed by atoms with Gasteiger partial charge >= 0.3 is 0 Å². The number of hydrogen-bond donors (Lipinski definition) is 1. The maximum Gasteiger partial charge on any atom is 0.0599 e. The highest BCUT2D eigenvalue weighted by atomic mass is 16.5. The Balaban J connectivity index is 1.75. The highest BCUT2D eigenvalue weighted by Gasteiger charge is 2.28. The van der Waals surface area contributed by atoms with Crippen molar-refractivity contribution in [3.8, 4) is 0 Å². The van der Waals surface area contributed by atoms with Crippen LogP contribution in [0.2, 0.25) is 0 Å². The van der Waals surface area contributed by atoms with Crippen molar-refractivity contribution < 1.29 is 4.74 Å². The Morgan fingerprint density at radius 2 is 2.00 bits per heavy atom. The summed E-state index contributed by atoms with van der Waals surface area (Å²) in [6, 6.07) is 0.770. The van der Waals surface area contributed by atoms with Gasteiger partial charge in [-0.15, -0.1) is 0 Å². The molecule has 2 unspecified atom stereocenters. The molecule has 0 aromatic rings. The highest BCUT2D eigenvalue weighted by Crippen LogP contribution is 2.21. The van der Waals surface area contributed by atoms with Gasteiger partial charge in [0.15, 0.2) is 0 Å². The minimum Gasteiger partial charge on any atom is -0.378 e. The summed E-state index contributed by atoms with van der Waals surface area (Å²) >= 11 is 0. The number of rotatable bonds is 3. The Kier molecular flexibility index (Phi) is 4.62. The third-order valence-electron chi connectivity index (χ3n) is 3.94. The van der Waals surface area contributed by atoms with E-state index in [0.717, 1.165) is 18.6 Å². The van der Waals surface area contributed by atoms with Crippen molar-refractivity contribution in [3.05, 3.63) is 0 Å². The Morgan fingerprint density at radius 3 is 2.62 bits per heavy atom. The third kappa shape index (κ3) is 3.19. The molecule has 2 saturated heterocycles. The second kappa shape index (κ2) is 5.99. The first kappa shape index (κ1) is 12.3. The molecule has 2 atom stereocenters. The SMILES string of the molecule is CCOC1CCN(C2CNCC(C)C2)CC1. The highest BCUT2D eigenvalue weighted by molar-refractivity contribution is 4.84. The predicted octanol–water partition coefficient (Wildman–Crippen LogP) is 1.49. The van der Waals surface area contributed by atoms with Gasteiger partial charge in [-0.2, -0.15) is 0 Å². The summed E-state index contributed by atoms with van der Waals surface area (Å²) in [6.45, 7) is 10.2. The molecular formula is C13H26N2O. The molecule has 0 amide bonds. The molecule has 1 N–H and O–H groups in total. The second-order valence-corrected chi connectivity index (χ2v) is 5.34. The predicted molar refractivity (Wildman–Crippen MR) is 66.7 cm³/mol. The Hall–Kier alpha value is -0.120. The first-order valence-corrected chi connectivity index (χ1v) is 6.86. The fraction of sp³-hybridized carbons (Fsp3) is 1.00. The standard InChI is InChI=1S/C13H26N2O/c1-3-16-13-4-6-15(7-5-13)12-8-11(2)9-14-10-12/h11-14H,3-10H2,1-2H3. The van der Waals surface area contributed by atoms with Gasteiger partial charge in [-0.05, 0) is 38.6 Å². The summed E-state index contributed by atoms with van der Waals surface area (Å²) in [6.07, 6.45) is 4.33. The van der Waals surface area contributed by atoms with E-state index >= 15 is 0 Å². The second-order valence-electron chi connectivity index (χ2n) is 5.34. The van der Waals surface area contributed by atoms with E-state index < -0.39 is 0 Å². The van der Waals surface area contributed by atoms with Crippen molar-refractivity contribution in [1.29, 1.82) is 0 Å². The minimum absolute atomic E-state index is 0.523. The van der Waals surface area contributed by atoms with Crippen molar-refractivity contribution in [1.82, 2.24) is 10.2 Å². The topological polar surface area (TPSA) is 24.5 Å². The van der Waals surface area contributed by atoms with Gasteiger partial charge in [-0.1, -0.05) is 6.92 Å². The molecule has 2 aliphatic rings. The van der Waals surface area contributed by atoms with Crippen molar-refractivity contribution >= 4 is 0 Å². The van der Waals surface area contributed by atoms with E-state index in [1.807, 2.05) is 0 Å². The fourth-order valence-electron chi connectivity index (χ4n) is 3.05. The van der Waals surface area contributed by atoms with Gasteiger partial charge in [0.05, 0.1) is 6.10 Å². The summed E-state index contributed by atoms with van der Waals surface area (Å²) in [7, 11) is 0. The lowest BCUT2D eigenvalue weighted by atomic mass is 9.94. The Labute approximate surface area is 99.5 Å². The van der Waals surface area contributed by atoms with Crippen LogP contribution in [-0.4, -0.2) is 49.8 Å². The molecule has 3 heteroatoms. The Morgan fingerprint density at radius 1 is 1.25 bits per heavy atom. The van der Waals surface area contributed by atoms with Crippen molar-refractivity contribution in [2.45, 2.75) is 45.3 Å². The average Bonchev–Trinajstić information content (AvgIpc) is 2.30. The zero-order chi connectivity index (χ0) is 11.4. The molecule has 0 bridgehead atoms. The van der Waals surface area contributed by atoms with Crippen LogP contribution in [-0.2, 0) is 4.74 Å². The molecule has 3 nitrogen and oxygen atoms in total. The average molecular weight is 226 g/mol. The summed E-state index contributed by atoms with van der Waals surface area (Å²) in [5, 5.41) is 3.55. The number of piperidine rings is 2. The lowest BCUT2D eigenvalue weighted by Gasteiger charge is -2.40. The van der Waals surface area contributed by atoms with Crippen molar-refractivity contribution in [2.24, 2.45) is 5.92 Å². The quantitative estimate of drug-likeness (QED) is 0.789. The van der Waals surface area contributed by atoms with Gasteiger partial charge in [-0.3, -0.25) is 4.90 Å². The van der Waals surface area contributed by atoms with E-state index in [2.05, 4.69) is 24.1 Å². The van der Waals surface area contributed by atoms with E-state index in [-0.39, 0.29) is 0 Å². The maximum atomic E-state index is 5.70. The molecule has 0 aromatic heterocycles.